The standard InChI is InChI=1S/C18H32/c1-4-7-12-16(11-6-3)18(15-8-5-2)17-13-9-10-14-17/h12H,4-11,13-15H2,1-3H3/b16-12+. The van der Waals surface area contributed by atoms with Gasteiger partial charge in [0.2, 0.25) is 0 Å². The molecule has 0 N–H and O–H groups in total. The Bertz CT molecular complexity index is 272. The van der Waals surface area contributed by atoms with E-state index in [1.165, 1.54) is 70.6 Å². The molecule has 0 aromatic carbocycles. The Balaban J connectivity index is 2.86. The first-order valence-electron chi connectivity index (χ1n) is 8.23. The van der Waals surface area contributed by atoms with Gasteiger partial charge in [0.05, 0.1) is 0 Å². The van der Waals surface area contributed by atoms with E-state index in [0.717, 1.165) is 0 Å². The average molecular weight is 248 g/mol. The molecule has 1 rings (SSSR count). The van der Waals surface area contributed by atoms with E-state index in [1.807, 2.05) is 0 Å². The van der Waals surface area contributed by atoms with Crippen molar-refractivity contribution < 1.29 is 0 Å². The van der Waals surface area contributed by atoms with Crippen LogP contribution < -0.4 is 0 Å². The molecule has 1 aliphatic rings. The molecule has 0 saturated heterocycles. The van der Waals surface area contributed by atoms with Crippen LogP contribution in [-0.4, -0.2) is 0 Å². The predicted octanol–water partition coefficient (Wildman–Crippen LogP) is 6.57. The quantitative estimate of drug-likeness (QED) is 0.455. The third kappa shape index (κ3) is 5.00. The smallest absolute Gasteiger partial charge is 0.0277 e. The molecule has 1 fully saturated rings. The van der Waals surface area contributed by atoms with Crippen LogP contribution in [0.15, 0.2) is 22.8 Å². The summed E-state index contributed by atoms with van der Waals surface area (Å²) < 4.78 is 0. The second-order valence-electron chi connectivity index (χ2n) is 5.66. The van der Waals surface area contributed by atoms with E-state index < -0.39 is 0 Å². The highest BCUT2D eigenvalue weighted by molar-refractivity contribution is 5.36. The molecule has 0 aromatic heterocycles. The van der Waals surface area contributed by atoms with Crippen LogP contribution >= 0.6 is 0 Å². The number of hydrogen-bond donors (Lipinski definition) is 0. The molecule has 0 amide bonds. The van der Waals surface area contributed by atoms with Gasteiger partial charge in [0.1, 0.15) is 0 Å². The third-order valence-corrected chi connectivity index (χ3v) is 4.00. The van der Waals surface area contributed by atoms with E-state index in [0.29, 0.717) is 0 Å². The van der Waals surface area contributed by atoms with Crippen LogP contribution in [0, 0.1) is 0 Å². The highest BCUT2D eigenvalue weighted by Gasteiger charge is 2.14. The Hall–Kier alpha value is -0.520. The summed E-state index contributed by atoms with van der Waals surface area (Å²) in [4.78, 5) is 0. The van der Waals surface area contributed by atoms with Crippen molar-refractivity contribution in [3.8, 4) is 0 Å². The molecule has 0 heterocycles. The lowest BCUT2D eigenvalue weighted by Crippen LogP contribution is -1.96. The fourth-order valence-corrected chi connectivity index (χ4v) is 2.99. The van der Waals surface area contributed by atoms with Crippen molar-refractivity contribution in [3.63, 3.8) is 0 Å². The van der Waals surface area contributed by atoms with E-state index in [-0.39, 0.29) is 0 Å². The Morgan fingerprint density at radius 1 is 0.944 bits per heavy atom. The van der Waals surface area contributed by atoms with Crippen LogP contribution in [0.25, 0.3) is 0 Å². The molecule has 1 aliphatic carbocycles. The summed E-state index contributed by atoms with van der Waals surface area (Å²) in [5.41, 5.74) is 5.27. The minimum atomic E-state index is 1.26. The van der Waals surface area contributed by atoms with Crippen molar-refractivity contribution >= 4 is 0 Å². The first-order chi connectivity index (χ1) is 8.83. The lowest BCUT2D eigenvalue weighted by atomic mass is 9.90. The third-order valence-electron chi connectivity index (χ3n) is 4.00. The summed E-state index contributed by atoms with van der Waals surface area (Å²) >= 11 is 0. The zero-order valence-electron chi connectivity index (χ0n) is 12.9. The van der Waals surface area contributed by atoms with Crippen LogP contribution in [-0.2, 0) is 0 Å². The lowest BCUT2D eigenvalue weighted by Gasteiger charge is -2.16. The Morgan fingerprint density at radius 3 is 2.22 bits per heavy atom. The Labute approximate surface area is 115 Å². The van der Waals surface area contributed by atoms with Gasteiger partial charge in [0.15, 0.2) is 0 Å². The van der Waals surface area contributed by atoms with Gasteiger partial charge in [-0.3, -0.25) is 0 Å². The van der Waals surface area contributed by atoms with Crippen LogP contribution in [0.3, 0.4) is 0 Å². The normalized spacial score (nSPS) is 16.4. The molecule has 0 spiro atoms. The molecule has 18 heavy (non-hydrogen) atoms. The van der Waals surface area contributed by atoms with E-state index in [2.05, 4.69) is 26.8 Å². The van der Waals surface area contributed by atoms with Crippen molar-refractivity contribution in [2.24, 2.45) is 0 Å². The van der Waals surface area contributed by atoms with Crippen LogP contribution in [0.1, 0.15) is 91.4 Å². The monoisotopic (exact) mass is 248 g/mol. The molecule has 0 radical (unpaired) electrons. The van der Waals surface area contributed by atoms with Crippen LogP contribution in [0.4, 0.5) is 0 Å². The minimum absolute atomic E-state index is 1.26. The van der Waals surface area contributed by atoms with E-state index >= 15 is 0 Å². The second-order valence-corrected chi connectivity index (χ2v) is 5.66. The van der Waals surface area contributed by atoms with Gasteiger partial charge in [0, 0.05) is 0 Å². The number of hydrogen-bond acceptors (Lipinski definition) is 0. The summed E-state index contributed by atoms with van der Waals surface area (Å²) in [5.74, 6) is 0. The lowest BCUT2D eigenvalue weighted by molar-refractivity contribution is 0.760. The van der Waals surface area contributed by atoms with E-state index in [4.69, 9.17) is 0 Å². The molecule has 0 bridgehead atoms. The number of rotatable bonds is 8. The fourth-order valence-electron chi connectivity index (χ4n) is 2.99. The maximum Gasteiger partial charge on any atom is -0.0277 e. The SMILES string of the molecule is CCC/C=C(\CCC)C(CCCC)=C1CCCC1. The first-order valence-corrected chi connectivity index (χ1v) is 8.23. The zero-order chi connectivity index (χ0) is 13.2. The topological polar surface area (TPSA) is 0 Å². The largest absolute Gasteiger partial charge is 0.0811 e. The van der Waals surface area contributed by atoms with Gasteiger partial charge in [-0.25, -0.2) is 0 Å². The summed E-state index contributed by atoms with van der Waals surface area (Å²) in [7, 11) is 0. The predicted molar refractivity (Wildman–Crippen MR) is 82.9 cm³/mol. The van der Waals surface area contributed by atoms with Crippen molar-refractivity contribution in [3.05, 3.63) is 22.8 Å². The Morgan fingerprint density at radius 2 is 1.67 bits per heavy atom. The van der Waals surface area contributed by atoms with Gasteiger partial charge >= 0.3 is 0 Å². The maximum atomic E-state index is 2.54. The first kappa shape index (κ1) is 15.5. The molecule has 0 nitrogen and oxygen atoms in total. The highest BCUT2D eigenvalue weighted by atomic mass is 14.2. The van der Waals surface area contributed by atoms with Gasteiger partial charge in [-0.15, -0.1) is 0 Å². The van der Waals surface area contributed by atoms with Crippen molar-refractivity contribution in [1.82, 2.24) is 0 Å². The maximum absolute atomic E-state index is 2.54. The number of unbranched alkanes of at least 4 members (excludes halogenated alkanes) is 2. The molecule has 0 unspecified atom stereocenters. The van der Waals surface area contributed by atoms with E-state index in [9.17, 15) is 0 Å². The fraction of sp³-hybridized carbons (Fsp3) is 0.778. The summed E-state index contributed by atoms with van der Waals surface area (Å²) in [6.45, 7) is 6.91. The molecular formula is C18H32. The van der Waals surface area contributed by atoms with Crippen molar-refractivity contribution in [2.75, 3.05) is 0 Å². The average Bonchev–Trinajstić information content (AvgIpc) is 2.90. The highest BCUT2D eigenvalue weighted by Crippen LogP contribution is 2.34. The molecule has 0 aromatic rings. The van der Waals surface area contributed by atoms with Crippen LogP contribution in [0.2, 0.25) is 0 Å². The molecule has 0 atom stereocenters. The van der Waals surface area contributed by atoms with Crippen molar-refractivity contribution in [2.45, 2.75) is 91.4 Å². The Kier molecular flexibility index (Phi) is 8.13. The van der Waals surface area contributed by atoms with Gasteiger partial charge in [-0.2, -0.15) is 0 Å². The summed E-state index contributed by atoms with van der Waals surface area (Å²) in [6.07, 6.45) is 17.3. The van der Waals surface area contributed by atoms with Gasteiger partial charge < -0.3 is 0 Å². The molecule has 1 saturated carbocycles. The van der Waals surface area contributed by atoms with Crippen LogP contribution in [0.5, 0.6) is 0 Å². The molecular weight excluding hydrogens is 216 g/mol. The molecule has 104 valence electrons. The summed E-state index contributed by atoms with van der Waals surface area (Å²) in [5, 5.41) is 0. The van der Waals surface area contributed by atoms with Gasteiger partial charge in [-0.05, 0) is 62.5 Å². The van der Waals surface area contributed by atoms with Gasteiger partial charge in [-0.1, -0.05) is 51.7 Å². The zero-order valence-corrected chi connectivity index (χ0v) is 12.9. The number of allylic oxidation sites excluding steroid dienone is 4. The molecule has 0 heteroatoms. The summed E-state index contributed by atoms with van der Waals surface area (Å²) in [6, 6.07) is 0. The van der Waals surface area contributed by atoms with E-state index in [1.54, 1.807) is 16.7 Å². The minimum Gasteiger partial charge on any atom is -0.0811 e. The van der Waals surface area contributed by atoms with Gasteiger partial charge in [0.25, 0.3) is 0 Å². The van der Waals surface area contributed by atoms with Crippen molar-refractivity contribution in [1.29, 1.82) is 0 Å². The second kappa shape index (κ2) is 9.42. The molecule has 0 aliphatic heterocycles.